The predicted octanol–water partition coefficient (Wildman–Crippen LogP) is 8.23. The van der Waals surface area contributed by atoms with Crippen LogP contribution in [0.2, 0.25) is 0 Å². The van der Waals surface area contributed by atoms with Gasteiger partial charge in [-0.15, -0.1) is 0 Å². The predicted molar refractivity (Wildman–Crippen MR) is 136 cm³/mol. The van der Waals surface area contributed by atoms with E-state index in [2.05, 4.69) is 33.3 Å². The first-order chi connectivity index (χ1) is 16.1. The highest BCUT2D eigenvalue weighted by Crippen LogP contribution is 2.40. The number of fused-ring (bicyclic) bond motifs is 1. The summed E-state index contributed by atoms with van der Waals surface area (Å²) in [6.45, 7) is 14.0. The molecular weight excluding hydrogens is 435 g/mol. The Hall–Kier alpha value is -2.76. The van der Waals surface area contributed by atoms with Crippen molar-refractivity contribution in [1.29, 1.82) is 0 Å². The third-order valence-electron chi connectivity index (χ3n) is 6.05. The molecule has 0 spiro atoms. The van der Waals surface area contributed by atoms with Crippen LogP contribution in [0.3, 0.4) is 0 Å². The fourth-order valence-electron chi connectivity index (χ4n) is 3.98. The van der Waals surface area contributed by atoms with Gasteiger partial charge in [0.05, 0.1) is 11.1 Å². The summed E-state index contributed by atoms with van der Waals surface area (Å²) in [5, 5.41) is 7.33. The van der Waals surface area contributed by atoms with E-state index in [0.717, 1.165) is 41.9 Å². The topological polar surface area (TPSA) is 31.9 Å². The number of benzene rings is 2. The highest BCUT2D eigenvalue weighted by Gasteiger charge is 2.48. The van der Waals surface area contributed by atoms with Crippen molar-refractivity contribution < 1.29 is 13.2 Å². The highest BCUT2D eigenvalue weighted by atomic mass is 19.4. The summed E-state index contributed by atoms with van der Waals surface area (Å²) in [5.41, 5.74) is 4.99. The van der Waals surface area contributed by atoms with E-state index in [9.17, 15) is 13.2 Å². The molecule has 1 aromatic heterocycles. The summed E-state index contributed by atoms with van der Waals surface area (Å²) < 4.78 is 39.9. The van der Waals surface area contributed by atoms with Crippen LogP contribution in [0.25, 0.3) is 11.3 Å². The molecule has 1 N–H and O–H groups in total. The molecule has 0 amide bonds. The van der Waals surface area contributed by atoms with E-state index in [0.29, 0.717) is 6.54 Å². The quantitative estimate of drug-likeness (QED) is 0.414. The first kappa shape index (κ1) is 27.5. The Balaban J connectivity index is 0.000000970. The minimum atomic E-state index is -4.27. The molecule has 34 heavy (non-hydrogen) atoms. The van der Waals surface area contributed by atoms with Crippen LogP contribution in [0, 0.1) is 6.92 Å². The fourth-order valence-corrected chi connectivity index (χ4v) is 3.98. The Labute approximate surface area is 202 Å². The van der Waals surface area contributed by atoms with E-state index in [1.54, 1.807) is 12.1 Å². The van der Waals surface area contributed by atoms with E-state index in [1.165, 1.54) is 25.1 Å². The van der Waals surface area contributed by atoms with Gasteiger partial charge in [0.25, 0.3) is 0 Å². The average molecular weight is 474 g/mol. The van der Waals surface area contributed by atoms with Gasteiger partial charge in [-0.2, -0.15) is 18.3 Å². The number of rotatable bonds is 4. The molecule has 0 saturated carbocycles. The van der Waals surface area contributed by atoms with E-state index >= 15 is 0 Å². The zero-order valence-corrected chi connectivity index (χ0v) is 21.5. The molecule has 6 heteroatoms. The number of nitrogens with zero attached hydrogens (tertiary/aromatic N) is 2. The molecule has 0 atom stereocenters. The second-order valence-corrected chi connectivity index (χ2v) is 8.62. The number of aromatic nitrogens is 2. The maximum Gasteiger partial charge on any atom is 0.397 e. The highest BCUT2D eigenvalue weighted by molar-refractivity contribution is 5.67. The summed E-state index contributed by atoms with van der Waals surface area (Å²) >= 11 is 0. The molecule has 0 aliphatic carbocycles. The van der Waals surface area contributed by atoms with Crippen LogP contribution in [-0.4, -0.2) is 22.9 Å². The van der Waals surface area contributed by atoms with Gasteiger partial charge in [-0.1, -0.05) is 58.0 Å². The van der Waals surface area contributed by atoms with Gasteiger partial charge in [-0.05, 0) is 68.5 Å². The number of hydrogen-bond acceptors (Lipinski definition) is 2. The molecule has 0 fully saturated rings. The monoisotopic (exact) mass is 473 g/mol. The molecule has 2 heterocycles. The Bertz CT molecular complexity index is 1030. The Morgan fingerprint density at radius 1 is 0.941 bits per heavy atom. The zero-order valence-electron chi connectivity index (χ0n) is 21.5. The Kier molecular flexibility index (Phi) is 9.37. The zero-order chi connectivity index (χ0) is 25.5. The second kappa shape index (κ2) is 11.6. The number of aromatic amines is 1. The van der Waals surface area contributed by atoms with Crippen molar-refractivity contribution in [3.8, 4) is 11.3 Å². The summed E-state index contributed by atoms with van der Waals surface area (Å²) in [7, 11) is 0. The van der Waals surface area contributed by atoms with E-state index in [-0.39, 0.29) is 5.56 Å². The Morgan fingerprint density at radius 2 is 1.59 bits per heavy atom. The van der Waals surface area contributed by atoms with Gasteiger partial charge in [0.2, 0.25) is 0 Å². The molecule has 0 saturated heterocycles. The Morgan fingerprint density at radius 3 is 2.15 bits per heavy atom. The van der Waals surface area contributed by atoms with E-state index < -0.39 is 11.6 Å². The van der Waals surface area contributed by atoms with Crippen LogP contribution in [0.1, 0.15) is 70.3 Å². The van der Waals surface area contributed by atoms with Crippen molar-refractivity contribution in [2.75, 3.05) is 11.4 Å². The van der Waals surface area contributed by atoms with Gasteiger partial charge in [0.1, 0.15) is 0 Å². The average Bonchev–Trinajstić information content (AvgIpc) is 3.27. The molecule has 0 radical (unpaired) electrons. The van der Waals surface area contributed by atoms with Gasteiger partial charge in [0.15, 0.2) is 0 Å². The lowest BCUT2D eigenvalue weighted by Crippen LogP contribution is -2.36. The molecule has 1 aliphatic heterocycles. The lowest BCUT2D eigenvalue weighted by molar-refractivity contribution is -0.180. The first-order valence-electron chi connectivity index (χ1n) is 12.2. The van der Waals surface area contributed by atoms with Crippen molar-refractivity contribution in [3.63, 3.8) is 0 Å². The minimum Gasteiger partial charge on any atom is -0.367 e. The largest absolute Gasteiger partial charge is 0.397 e. The third-order valence-corrected chi connectivity index (χ3v) is 6.05. The smallest absolute Gasteiger partial charge is 0.367 e. The first-order valence-corrected chi connectivity index (χ1v) is 12.2. The summed E-state index contributed by atoms with van der Waals surface area (Å²) in [6, 6.07) is 15.3. The summed E-state index contributed by atoms with van der Waals surface area (Å²) in [6.07, 6.45) is -2.21. The fraction of sp³-hybridized carbons (Fsp3) is 0.464. The standard InChI is InChI=1S/C24H26F3N3.2C2H6/c1-16-13-21(29-28-16)18-8-11-22-19(14-18)5-4-12-30(22)15-17-6-9-20(10-7-17)23(2,3)24(25,26)27;2*1-2/h6-11,13-14H,4-5,12,15H2,1-3H3,(H,28,29);2*1-2H3. The van der Waals surface area contributed by atoms with Crippen molar-refractivity contribution in [2.45, 2.75) is 79.4 Å². The maximum atomic E-state index is 13.3. The van der Waals surface area contributed by atoms with Crippen LogP contribution in [0.5, 0.6) is 0 Å². The van der Waals surface area contributed by atoms with Crippen LogP contribution >= 0.6 is 0 Å². The van der Waals surface area contributed by atoms with Gasteiger partial charge >= 0.3 is 6.18 Å². The molecule has 0 unspecified atom stereocenters. The lowest BCUT2D eigenvalue weighted by atomic mass is 9.83. The van der Waals surface area contributed by atoms with E-state index in [4.69, 9.17) is 0 Å². The number of anilines is 1. The van der Waals surface area contributed by atoms with Crippen LogP contribution in [0.4, 0.5) is 18.9 Å². The van der Waals surface area contributed by atoms with Crippen molar-refractivity contribution in [3.05, 3.63) is 70.9 Å². The van der Waals surface area contributed by atoms with Crippen LogP contribution in [0.15, 0.2) is 48.5 Å². The molecule has 3 nitrogen and oxygen atoms in total. The lowest BCUT2D eigenvalue weighted by Gasteiger charge is -2.32. The minimum absolute atomic E-state index is 0.289. The van der Waals surface area contributed by atoms with Crippen LogP contribution < -0.4 is 4.90 Å². The van der Waals surface area contributed by atoms with Crippen LogP contribution in [-0.2, 0) is 18.4 Å². The molecule has 3 aromatic rings. The number of H-pyrrole nitrogens is 1. The number of aryl methyl sites for hydroxylation is 2. The number of halogens is 3. The SMILES string of the molecule is CC.CC.Cc1cc(-c2ccc3c(c2)CCCN3Cc2ccc(C(C)(C)C(F)(F)F)cc2)n[nH]1. The summed E-state index contributed by atoms with van der Waals surface area (Å²) in [5.74, 6) is 0. The molecule has 2 aromatic carbocycles. The van der Waals surface area contributed by atoms with Gasteiger partial charge in [-0.25, -0.2) is 0 Å². The van der Waals surface area contributed by atoms with Gasteiger partial charge in [-0.3, -0.25) is 5.10 Å². The van der Waals surface area contributed by atoms with Gasteiger partial charge in [0, 0.05) is 30.0 Å². The number of nitrogens with one attached hydrogen (secondary N) is 1. The van der Waals surface area contributed by atoms with Crippen molar-refractivity contribution >= 4 is 5.69 Å². The number of hydrogen-bond donors (Lipinski definition) is 1. The van der Waals surface area contributed by atoms with Crippen molar-refractivity contribution in [1.82, 2.24) is 10.2 Å². The molecule has 4 rings (SSSR count). The second-order valence-electron chi connectivity index (χ2n) is 8.62. The molecule has 0 bridgehead atoms. The van der Waals surface area contributed by atoms with E-state index in [1.807, 2.05) is 52.8 Å². The third kappa shape index (κ3) is 6.02. The maximum absolute atomic E-state index is 13.3. The number of alkyl halides is 3. The van der Waals surface area contributed by atoms with Gasteiger partial charge < -0.3 is 4.90 Å². The molecule has 1 aliphatic rings. The normalized spacial score (nSPS) is 13.3. The molecular formula is C28H38F3N3. The molecule has 186 valence electrons. The van der Waals surface area contributed by atoms with Crippen molar-refractivity contribution in [2.24, 2.45) is 0 Å². The summed E-state index contributed by atoms with van der Waals surface area (Å²) in [4.78, 5) is 2.31.